The third-order valence-corrected chi connectivity index (χ3v) is 1.19. The minimum absolute atomic E-state index is 0.191. The summed E-state index contributed by atoms with van der Waals surface area (Å²) in [5.41, 5.74) is 0.877. The molecule has 0 spiro atoms. The average molecular weight is 157 g/mol. The minimum Gasteiger partial charge on any atom is -0.396 e. The molecule has 0 amide bonds. The van der Waals surface area contributed by atoms with Gasteiger partial charge in [-0.15, -0.1) is 0 Å². The van der Waals surface area contributed by atoms with Crippen molar-refractivity contribution in [3.63, 3.8) is 0 Å². The third kappa shape index (κ3) is 7.03. The van der Waals surface area contributed by atoms with Crippen LogP contribution in [0.15, 0.2) is 5.16 Å². The Labute approximate surface area is 67.4 Å². The number of ketones is 1. The summed E-state index contributed by atoms with van der Waals surface area (Å²) in [7, 11) is 0. The minimum atomic E-state index is 0.191. The monoisotopic (exact) mass is 157 g/mol. The molecule has 3 heteroatoms. The van der Waals surface area contributed by atoms with E-state index >= 15 is 0 Å². The summed E-state index contributed by atoms with van der Waals surface area (Å²) < 4.78 is 0. The van der Waals surface area contributed by atoms with Gasteiger partial charge in [0.1, 0.15) is 12.4 Å². The van der Waals surface area contributed by atoms with Crippen LogP contribution in [-0.4, -0.2) is 18.1 Å². The molecule has 0 heterocycles. The maximum absolute atomic E-state index is 10.5. The standard InChI is InChI=1S/C8H15NO2/c1-4-11-9-7(2)5-6-8(3)10/h4-6H2,1-3H3/b9-7+. The Morgan fingerprint density at radius 2 is 2.00 bits per heavy atom. The molecule has 0 saturated carbocycles. The fraction of sp³-hybridized carbons (Fsp3) is 0.750. The van der Waals surface area contributed by atoms with Gasteiger partial charge in [0.25, 0.3) is 0 Å². The number of carbonyl (C=O) groups is 1. The first-order valence-electron chi connectivity index (χ1n) is 3.81. The maximum Gasteiger partial charge on any atom is 0.130 e. The Bertz CT molecular complexity index is 152. The van der Waals surface area contributed by atoms with Crippen molar-refractivity contribution in [3.05, 3.63) is 0 Å². The lowest BCUT2D eigenvalue weighted by molar-refractivity contribution is -0.116. The highest BCUT2D eigenvalue weighted by Crippen LogP contribution is 1.94. The zero-order valence-corrected chi connectivity index (χ0v) is 7.39. The van der Waals surface area contributed by atoms with Crippen LogP contribution in [0.4, 0.5) is 0 Å². The second kappa shape index (κ2) is 5.89. The number of Topliss-reactive ketones (excluding diaryl/α,β-unsaturated/α-hetero) is 1. The van der Waals surface area contributed by atoms with Gasteiger partial charge < -0.3 is 9.63 Å². The van der Waals surface area contributed by atoms with Crippen molar-refractivity contribution in [1.29, 1.82) is 0 Å². The maximum atomic E-state index is 10.5. The highest BCUT2D eigenvalue weighted by Gasteiger charge is 1.95. The van der Waals surface area contributed by atoms with Crippen molar-refractivity contribution in [3.8, 4) is 0 Å². The molecule has 0 unspecified atom stereocenters. The van der Waals surface area contributed by atoms with Gasteiger partial charge in [0.2, 0.25) is 0 Å². The average Bonchev–Trinajstić information content (AvgIpc) is 1.97. The van der Waals surface area contributed by atoms with E-state index in [9.17, 15) is 4.79 Å². The summed E-state index contributed by atoms with van der Waals surface area (Å²) in [6, 6.07) is 0. The molecule has 0 fully saturated rings. The van der Waals surface area contributed by atoms with Gasteiger partial charge in [0.05, 0.1) is 5.71 Å². The van der Waals surface area contributed by atoms with Crippen molar-refractivity contribution >= 4 is 11.5 Å². The number of hydrogen-bond donors (Lipinski definition) is 0. The largest absolute Gasteiger partial charge is 0.396 e. The van der Waals surface area contributed by atoms with Crippen molar-refractivity contribution in [2.75, 3.05) is 6.61 Å². The van der Waals surface area contributed by atoms with Crippen LogP contribution >= 0.6 is 0 Å². The van der Waals surface area contributed by atoms with Crippen LogP contribution in [0.25, 0.3) is 0 Å². The van der Waals surface area contributed by atoms with Gasteiger partial charge in [-0.05, 0) is 27.2 Å². The van der Waals surface area contributed by atoms with Crippen molar-refractivity contribution < 1.29 is 9.63 Å². The van der Waals surface area contributed by atoms with Gasteiger partial charge in [-0.3, -0.25) is 0 Å². The summed E-state index contributed by atoms with van der Waals surface area (Å²) >= 11 is 0. The molecule has 0 aromatic carbocycles. The zero-order valence-electron chi connectivity index (χ0n) is 7.39. The molecule has 0 radical (unpaired) electrons. The molecular formula is C8H15NO2. The van der Waals surface area contributed by atoms with Crippen LogP contribution in [0.2, 0.25) is 0 Å². The molecule has 11 heavy (non-hydrogen) atoms. The summed E-state index contributed by atoms with van der Waals surface area (Å²) in [5, 5.41) is 3.78. The van der Waals surface area contributed by atoms with E-state index in [-0.39, 0.29) is 5.78 Å². The topological polar surface area (TPSA) is 38.7 Å². The van der Waals surface area contributed by atoms with E-state index in [1.807, 2.05) is 13.8 Å². The zero-order chi connectivity index (χ0) is 8.69. The molecule has 0 aliphatic rings. The van der Waals surface area contributed by atoms with E-state index in [2.05, 4.69) is 5.16 Å². The second-order valence-electron chi connectivity index (χ2n) is 2.45. The van der Waals surface area contributed by atoms with E-state index in [1.165, 1.54) is 0 Å². The van der Waals surface area contributed by atoms with Crippen LogP contribution in [0, 0.1) is 0 Å². The Hall–Kier alpha value is -0.860. The SMILES string of the molecule is CCO/N=C(\C)CCC(C)=O. The third-order valence-electron chi connectivity index (χ3n) is 1.19. The smallest absolute Gasteiger partial charge is 0.130 e. The fourth-order valence-electron chi connectivity index (χ4n) is 0.577. The molecule has 0 bridgehead atoms. The van der Waals surface area contributed by atoms with Crippen molar-refractivity contribution in [1.82, 2.24) is 0 Å². The van der Waals surface area contributed by atoms with Gasteiger partial charge in [0.15, 0.2) is 0 Å². The van der Waals surface area contributed by atoms with Crippen LogP contribution in [0.3, 0.4) is 0 Å². The fourth-order valence-corrected chi connectivity index (χ4v) is 0.577. The lowest BCUT2D eigenvalue weighted by atomic mass is 10.2. The molecule has 0 N–H and O–H groups in total. The number of carbonyl (C=O) groups excluding carboxylic acids is 1. The number of nitrogens with zero attached hydrogens (tertiary/aromatic N) is 1. The summed E-state index contributed by atoms with van der Waals surface area (Å²) in [6.45, 7) is 5.89. The highest BCUT2D eigenvalue weighted by molar-refractivity contribution is 5.86. The van der Waals surface area contributed by atoms with Gasteiger partial charge in [0, 0.05) is 6.42 Å². The molecule has 0 aliphatic heterocycles. The lowest BCUT2D eigenvalue weighted by Crippen LogP contribution is -1.98. The Morgan fingerprint density at radius 3 is 2.45 bits per heavy atom. The molecule has 0 aromatic heterocycles. The van der Waals surface area contributed by atoms with Crippen LogP contribution < -0.4 is 0 Å². The van der Waals surface area contributed by atoms with Gasteiger partial charge in [-0.1, -0.05) is 5.16 Å². The molecule has 0 rings (SSSR count). The first-order valence-corrected chi connectivity index (χ1v) is 3.81. The van der Waals surface area contributed by atoms with E-state index in [1.54, 1.807) is 6.92 Å². The quantitative estimate of drug-likeness (QED) is 0.450. The van der Waals surface area contributed by atoms with E-state index in [0.717, 1.165) is 5.71 Å². The number of rotatable bonds is 5. The Morgan fingerprint density at radius 1 is 1.36 bits per heavy atom. The van der Waals surface area contributed by atoms with Gasteiger partial charge in [-0.2, -0.15) is 0 Å². The summed E-state index contributed by atoms with van der Waals surface area (Å²) in [5.74, 6) is 0.191. The van der Waals surface area contributed by atoms with Crippen molar-refractivity contribution in [2.45, 2.75) is 33.6 Å². The molecule has 0 aliphatic carbocycles. The van der Waals surface area contributed by atoms with E-state index in [4.69, 9.17) is 4.84 Å². The van der Waals surface area contributed by atoms with Crippen LogP contribution in [0.1, 0.15) is 33.6 Å². The molecule has 0 atom stereocenters. The predicted molar refractivity (Wildman–Crippen MR) is 44.7 cm³/mol. The Balaban J connectivity index is 3.50. The summed E-state index contributed by atoms with van der Waals surface area (Å²) in [4.78, 5) is 15.3. The molecule has 64 valence electrons. The second-order valence-corrected chi connectivity index (χ2v) is 2.45. The number of hydrogen-bond acceptors (Lipinski definition) is 3. The highest BCUT2D eigenvalue weighted by atomic mass is 16.6. The normalized spacial score (nSPS) is 11.4. The molecule has 3 nitrogen and oxygen atoms in total. The first kappa shape index (κ1) is 10.1. The van der Waals surface area contributed by atoms with Gasteiger partial charge in [-0.25, -0.2) is 0 Å². The van der Waals surface area contributed by atoms with Crippen LogP contribution in [-0.2, 0) is 9.63 Å². The van der Waals surface area contributed by atoms with Gasteiger partial charge >= 0.3 is 0 Å². The van der Waals surface area contributed by atoms with Crippen LogP contribution in [0.5, 0.6) is 0 Å². The first-order chi connectivity index (χ1) is 5.16. The number of oxime groups is 1. The Kier molecular flexibility index (Phi) is 5.43. The molecular weight excluding hydrogens is 142 g/mol. The lowest BCUT2D eigenvalue weighted by Gasteiger charge is -1.97. The summed E-state index contributed by atoms with van der Waals surface area (Å²) in [6.07, 6.45) is 1.26. The predicted octanol–water partition coefficient (Wildman–Crippen LogP) is 1.77. The van der Waals surface area contributed by atoms with E-state index in [0.29, 0.717) is 19.4 Å². The van der Waals surface area contributed by atoms with E-state index < -0.39 is 0 Å². The molecule has 0 aromatic rings. The van der Waals surface area contributed by atoms with Crippen molar-refractivity contribution in [2.24, 2.45) is 5.16 Å². The molecule has 0 saturated heterocycles.